The van der Waals surface area contributed by atoms with Crippen molar-refractivity contribution in [1.82, 2.24) is 10.1 Å². The number of ketones is 1. The van der Waals surface area contributed by atoms with E-state index >= 15 is 0 Å². The van der Waals surface area contributed by atoms with Crippen LogP contribution in [0.4, 0.5) is 0 Å². The van der Waals surface area contributed by atoms with Gasteiger partial charge in [0.1, 0.15) is 5.76 Å². The second-order valence-corrected chi connectivity index (χ2v) is 15.8. The van der Waals surface area contributed by atoms with Gasteiger partial charge in [0.05, 0.1) is 6.57 Å². The fourth-order valence-corrected chi connectivity index (χ4v) is 10.8. The lowest BCUT2D eigenvalue weighted by atomic mass is 9.34. The van der Waals surface area contributed by atoms with Crippen LogP contribution in [0.15, 0.2) is 27.6 Å². The van der Waals surface area contributed by atoms with Gasteiger partial charge in [0.15, 0.2) is 11.6 Å². The Balaban J connectivity index is 1.52. The highest BCUT2D eigenvalue weighted by Gasteiger charge is 2.70. The summed E-state index contributed by atoms with van der Waals surface area (Å²) in [7, 11) is 0. The maximum Gasteiger partial charge on any atom is 0.223 e. The zero-order valence-corrected chi connectivity index (χ0v) is 25.1. The van der Waals surface area contributed by atoms with Crippen LogP contribution in [0, 0.1) is 58.3 Å². The first-order chi connectivity index (χ1) is 18.1. The first-order valence-corrected chi connectivity index (χ1v) is 14.9. The highest BCUT2D eigenvalue weighted by molar-refractivity contribution is 5.95. The van der Waals surface area contributed by atoms with Gasteiger partial charge in [0.25, 0.3) is 0 Å². The molecule has 0 aliphatic heterocycles. The van der Waals surface area contributed by atoms with Crippen molar-refractivity contribution in [2.45, 2.75) is 112 Å². The van der Waals surface area contributed by atoms with Gasteiger partial charge in [-0.2, -0.15) is 4.98 Å². The maximum atomic E-state index is 14.6. The van der Waals surface area contributed by atoms with Crippen LogP contribution in [0.2, 0.25) is 0 Å². The molecule has 0 amide bonds. The summed E-state index contributed by atoms with van der Waals surface area (Å²) in [6, 6.07) is 0. The van der Waals surface area contributed by atoms with Crippen LogP contribution in [-0.2, 0) is 10.2 Å². The molecule has 5 aliphatic rings. The van der Waals surface area contributed by atoms with Crippen molar-refractivity contribution in [3.63, 3.8) is 0 Å². The van der Waals surface area contributed by atoms with E-state index in [1.165, 1.54) is 5.57 Å². The number of aryl methyl sites for hydroxylation is 1. The first-order valence-electron chi connectivity index (χ1n) is 14.9. The minimum atomic E-state index is -0.499. The van der Waals surface area contributed by atoms with Crippen molar-refractivity contribution in [1.29, 1.82) is 0 Å². The molecule has 6 nitrogen and oxygen atoms in total. The summed E-state index contributed by atoms with van der Waals surface area (Å²) in [6.45, 7) is 25.7. The normalized spacial score (nSPS) is 44.3. The molecule has 0 unspecified atom stereocenters. The van der Waals surface area contributed by atoms with Gasteiger partial charge in [-0.25, -0.2) is 4.85 Å². The Kier molecular flexibility index (Phi) is 5.40. The predicted molar refractivity (Wildman–Crippen MR) is 149 cm³/mol. The highest BCUT2D eigenvalue weighted by Crippen LogP contribution is 2.75. The number of rotatable bonds is 1. The summed E-state index contributed by atoms with van der Waals surface area (Å²) in [6.07, 6.45) is 9.49. The number of carbonyl (C=O) groups is 1. The standard InChI is InChI=1S/C33H45N3O3/c1-19-35-27(36-39-19)33-14-12-28(2,3)17-20(33)25-22(37)16-24-30(6)18-21(34-9)26(38)29(4,5)23(30)10-11-31(24,7)32(25,8)13-15-33/h16,20,23,25,38H,10-15,17-18H2,1-8H3/t20-,23-,25-,30-,31+,32+,33-/m0/s1. The molecule has 1 aromatic rings. The molecule has 5 aliphatic carbocycles. The molecule has 0 aromatic carbocycles. The van der Waals surface area contributed by atoms with Crippen LogP contribution in [0.25, 0.3) is 4.85 Å². The average Bonchev–Trinajstić information content (AvgIpc) is 3.29. The Morgan fingerprint density at radius 3 is 2.38 bits per heavy atom. The van der Waals surface area contributed by atoms with E-state index in [1.54, 1.807) is 0 Å². The quantitative estimate of drug-likeness (QED) is 0.372. The van der Waals surface area contributed by atoms with E-state index in [2.05, 4.69) is 58.5 Å². The number of aromatic nitrogens is 2. The third-order valence-electron chi connectivity index (χ3n) is 13.1. The van der Waals surface area contributed by atoms with Crippen molar-refractivity contribution < 1.29 is 14.4 Å². The average molecular weight is 532 g/mol. The van der Waals surface area contributed by atoms with Crippen molar-refractivity contribution in [2.24, 2.45) is 44.8 Å². The Labute approximate surface area is 233 Å². The highest BCUT2D eigenvalue weighted by atomic mass is 16.5. The van der Waals surface area contributed by atoms with Gasteiger partial charge in [0, 0.05) is 23.7 Å². The Morgan fingerprint density at radius 1 is 1.05 bits per heavy atom. The Bertz CT molecular complexity index is 1360. The van der Waals surface area contributed by atoms with Gasteiger partial charge in [-0.15, -0.1) is 0 Å². The summed E-state index contributed by atoms with van der Waals surface area (Å²) in [5.74, 6) is 2.15. The van der Waals surface area contributed by atoms with E-state index in [1.807, 2.05) is 13.0 Å². The van der Waals surface area contributed by atoms with Crippen LogP contribution in [0.3, 0.4) is 0 Å². The van der Waals surface area contributed by atoms with Gasteiger partial charge in [-0.3, -0.25) is 4.79 Å². The smallest absolute Gasteiger partial charge is 0.223 e. The number of aliphatic hydroxyl groups is 1. The summed E-state index contributed by atoms with van der Waals surface area (Å²) >= 11 is 0. The molecule has 7 atom stereocenters. The number of hydrogen-bond donors (Lipinski definition) is 1. The number of nitrogens with zero attached hydrogens (tertiary/aromatic N) is 3. The second-order valence-electron chi connectivity index (χ2n) is 15.8. The lowest BCUT2D eigenvalue weighted by molar-refractivity contribution is -0.161. The van der Waals surface area contributed by atoms with E-state index in [-0.39, 0.29) is 56.4 Å². The van der Waals surface area contributed by atoms with Gasteiger partial charge >= 0.3 is 0 Å². The summed E-state index contributed by atoms with van der Waals surface area (Å²) in [5, 5.41) is 15.6. The second kappa shape index (κ2) is 7.86. The monoisotopic (exact) mass is 531 g/mol. The summed E-state index contributed by atoms with van der Waals surface area (Å²) < 4.78 is 5.52. The minimum Gasteiger partial charge on any atom is -0.523 e. The van der Waals surface area contributed by atoms with Crippen molar-refractivity contribution >= 4 is 5.78 Å². The van der Waals surface area contributed by atoms with Crippen LogP contribution >= 0.6 is 0 Å². The molecule has 0 saturated heterocycles. The van der Waals surface area contributed by atoms with Gasteiger partial charge < -0.3 is 9.63 Å². The molecule has 39 heavy (non-hydrogen) atoms. The zero-order chi connectivity index (χ0) is 28.4. The minimum absolute atomic E-state index is 0.0978. The molecule has 3 fully saturated rings. The molecule has 0 radical (unpaired) electrons. The van der Waals surface area contributed by atoms with Crippen molar-refractivity contribution in [3.05, 3.63) is 46.2 Å². The van der Waals surface area contributed by atoms with E-state index in [9.17, 15) is 9.90 Å². The molecule has 3 saturated carbocycles. The van der Waals surface area contributed by atoms with Crippen molar-refractivity contribution in [3.8, 4) is 0 Å². The lowest BCUT2D eigenvalue weighted by Gasteiger charge is -2.69. The molecule has 6 heteroatoms. The molecule has 1 heterocycles. The largest absolute Gasteiger partial charge is 0.523 e. The first kappa shape index (κ1) is 26.8. The van der Waals surface area contributed by atoms with E-state index in [4.69, 9.17) is 16.1 Å². The predicted octanol–water partition coefficient (Wildman–Crippen LogP) is 7.91. The Morgan fingerprint density at radius 2 is 1.74 bits per heavy atom. The van der Waals surface area contributed by atoms with Gasteiger partial charge in [-0.1, -0.05) is 59.2 Å². The van der Waals surface area contributed by atoms with Crippen LogP contribution in [-0.4, -0.2) is 21.0 Å². The molecular formula is C33H45N3O3. The maximum absolute atomic E-state index is 14.6. The molecule has 0 spiro atoms. The van der Waals surface area contributed by atoms with E-state index in [0.29, 0.717) is 18.0 Å². The molecule has 1 aromatic heterocycles. The van der Waals surface area contributed by atoms with Gasteiger partial charge in [0.2, 0.25) is 11.6 Å². The van der Waals surface area contributed by atoms with E-state index < -0.39 is 5.41 Å². The Hall–Kier alpha value is -2.42. The van der Waals surface area contributed by atoms with Crippen LogP contribution in [0.1, 0.15) is 112 Å². The number of carbonyl (C=O) groups excluding carboxylic acids is 1. The molecule has 6 rings (SSSR count). The molecule has 0 bridgehead atoms. The van der Waals surface area contributed by atoms with Crippen LogP contribution < -0.4 is 0 Å². The fraction of sp³-hybridized carbons (Fsp3) is 0.758. The summed E-state index contributed by atoms with van der Waals surface area (Å²) in [5.41, 5.74) is 0.429. The molecule has 1 N–H and O–H groups in total. The topological polar surface area (TPSA) is 80.6 Å². The number of allylic oxidation sites excluding steroid dienone is 4. The van der Waals surface area contributed by atoms with E-state index in [0.717, 1.165) is 50.8 Å². The number of aliphatic hydroxyl groups excluding tert-OH is 1. The van der Waals surface area contributed by atoms with Crippen LogP contribution in [0.5, 0.6) is 0 Å². The van der Waals surface area contributed by atoms with Gasteiger partial charge in [-0.05, 0) is 90.9 Å². The zero-order valence-electron chi connectivity index (χ0n) is 25.1. The van der Waals surface area contributed by atoms with Crippen molar-refractivity contribution in [2.75, 3.05) is 0 Å². The number of hydrogen-bond acceptors (Lipinski definition) is 5. The number of fused-ring (bicyclic) bond motifs is 7. The molecular weight excluding hydrogens is 486 g/mol. The third-order valence-corrected chi connectivity index (χ3v) is 13.1. The summed E-state index contributed by atoms with van der Waals surface area (Å²) in [4.78, 5) is 23.2. The fourth-order valence-electron chi connectivity index (χ4n) is 10.8. The third kappa shape index (κ3) is 3.22. The molecule has 210 valence electrons. The SMILES string of the molecule is [C-]#[N+]C1=C(O)C(C)(C)[C@@H]2CC[C@]3(C)C(=CC(=O)[C@@H]4[C@@H]5CC(C)(C)CC[C@]5(c5noc(C)n5)CC[C@]43C)[C@@]2(C)C1. The lowest BCUT2D eigenvalue weighted by Crippen LogP contribution is -2.65.